The van der Waals surface area contributed by atoms with Crippen LogP contribution in [0.1, 0.15) is 12.0 Å². The third-order valence-corrected chi connectivity index (χ3v) is 5.25. The molecular weight excluding hydrogens is 521 g/mol. The van der Waals surface area contributed by atoms with Crippen LogP contribution < -0.4 is 0 Å². The fourth-order valence-electron chi connectivity index (χ4n) is 2.93. The molecule has 0 aliphatic carbocycles. The van der Waals surface area contributed by atoms with Crippen molar-refractivity contribution in [3.63, 3.8) is 0 Å². The molecule has 0 aliphatic heterocycles. The zero-order valence-electron chi connectivity index (χ0n) is 15.3. The molecule has 31 heavy (non-hydrogen) atoms. The summed E-state index contributed by atoms with van der Waals surface area (Å²) in [6.07, 6.45) is -0.707. The Labute approximate surface area is 198 Å². The summed E-state index contributed by atoms with van der Waals surface area (Å²) in [6.45, 7) is 1.09. The lowest BCUT2D eigenvalue weighted by Crippen LogP contribution is -2.45. The van der Waals surface area contributed by atoms with Gasteiger partial charge in [-0.3, -0.25) is 9.47 Å². The lowest BCUT2D eigenvalue weighted by molar-refractivity contribution is -0.392. The molecule has 3 rings (SSSR count). The first kappa shape index (κ1) is 23.5. The molecule has 3 aromatic heterocycles. The molecule has 0 aliphatic rings. The number of nitro groups is 1. The summed E-state index contributed by atoms with van der Waals surface area (Å²) < 4.78 is 0.199. The third kappa shape index (κ3) is 4.72. The molecule has 0 fully saturated rings. The molecule has 12 nitrogen and oxygen atoms in total. The van der Waals surface area contributed by atoms with Crippen LogP contribution in [0.2, 0.25) is 10.4 Å². The molecule has 0 aromatic carbocycles. The zero-order chi connectivity index (χ0) is 23.1. The lowest BCUT2D eigenvalue weighted by Gasteiger charge is -2.34. The van der Waals surface area contributed by atoms with E-state index in [9.17, 15) is 20.0 Å². The van der Waals surface area contributed by atoms with Crippen LogP contribution in [0, 0.1) is 17.0 Å². The van der Waals surface area contributed by atoms with Gasteiger partial charge in [0.2, 0.25) is 9.08 Å². The topological polar surface area (TPSA) is 145 Å². The van der Waals surface area contributed by atoms with Crippen molar-refractivity contribution in [2.75, 3.05) is 6.54 Å². The number of hydrogen-bond donors (Lipinski definition) is 1. The van der Waals surface area contributed by atoms with Crippen LogP contribution in [0.3, 0.4) is 0 Å². The van der Waals surface area contributed by atoms with Gasteiger partial charge in [-0.2, -0.15) is 4.98 Å². The Balaban J connectivity index is 2.06. The van der Waals surface area contributed by atoms with Gasteiger partial charge in [0.05, 0.1) is 12.9 Å². The molecule has 1 unspecified atom stereocenters. The third-order valence-electron chi connectivity index (χ3n) is 4.23. The Kier molecular flexibility index (Phi) is 6.67. The number of carboxylic acid groups (broad SMARTS) is 1. The minimum atomic E-state index is -2.20. The molecule has 166 valence electrons. The molecule has 0 saturated carbocycles. The van der Waals surface area contributed by atoms with E-state index in [4.69, 9.17) is 58.0 Å². The molecule has 1 atom stereocenters. The molecule has 17 heteroatoms. The molecule has 3 heterocycles. The number of carbonyl (C=O) groups is 1. The Bertz CT molecular complexity index is 1160. The fraction of sp³-hybridized carbons (Fsp3) is 0.357. The normalized spacial score (nSPS) is 12.8. The van der Waals surface area contributed by atoms with Crippen LogP contribution in [0.4, 0.5) is 10.6 Å². The highest BCUT2D eigenvalue weighted by Gasteiger charge is 2.43. The van der Waals surface area contributed by atoms with E-state index in [1.807, 2.05) is 0 Å². The zero-order valence-corrected chi connectivity index (χ0v) is 19.1. The van der Waals surface area contributed by atoms with Gasteiger partial charge in [-0.05, 0) is 16.5 Å². The number of rotatable bonds is 6. The lowest BCUT2D eigenvalue weighted by atomic mass is 10.4. The average molecular weight is 533 g/mol. The van der Waals surface area contributed by atoms with Crippen molar-refractivity contribution in [1.82, 2.24) is 34.0 Å². The van der Waals surface area contributed by atoms with E-state index in [0.29, 0.717) is 5.82 Å². The number of aromatic nitrogens is 6. The van der Waals surface area contributed by atoms with Crippen molar-refractivity contribution < 1.29 is 14.8 Å². The van der Waals surface area contributed by atoms with E-state index in [-0.39, 0.29) is 40.5 Å². The van der Waals surface area contributed by atoms with Gasteiger partial charge in [-0.25, -0.2) is 24.3 Å². The van der Waals surface area contributed by atoms with Gasteiger partial charge in [0, 0.05) is 6.92 Å². The van der Waals surface area contributed by atoms with E-state index in [2.05, 4.69) is 19.9 Å². The van der Waals surface area contributed by atoms with Gasteiger partial charge in [0.15, 0.2) is 22.8 Å². The largest absolute Gasteiger partial charge is 0.465 e. The molecule has 1 N–H and O–H groups in total. The Hall–Kier alpha value is -2.12. The summed E-state index contributed by atoms with van der Waals surface area (Å²) in [7, 11) is 0. The van der Waals surface area contributed by atoms with Crippen LogP contribution in [0.25, 0.3) is 11.2 Å². The Morgan fingerprint density at radius 2 is 2.00 bits per heavy atom. The van der Waals surface area contributed by atoms with Crippen LogP contribution in [-0.4, -0.2) is 60.4 Å². The predicted molar refractivity (Wildman–Crippen MR) is 113 cm³/mol. The number of alkyl halides is 3. The quantitative estimate of drug-likeness (QED) is 0.164. The summed E-state index contributed by atoms with van der Waals surface area (Å²) in [5.74, 6) is -0.00508. The molecule has 0 spiro atoms. The smallest absolute Gasteiger partial charge is 0.409 e. The van der Waals surface area contributed by atoms with Crippen LogP contribution in [-0.2, 0) is 6.54 Å². The van der Waals surface area contributed by atoms with Crippen molar-refractivity contribution in [1.29, 1.82) is 0 Å². The number of aryl methyl sites for hydroxylation is 1. The molecule has 3 aromatic rings. The maximum absolute atomic E-state index is 12.1. The maximum atomic E-state index is 12.1. The van der Waals surface area contributed by atoms with Gasteiger partial charge in [-0.15, -0.1) is 0 Å². The molecule has 0 saturated heterocycles. The molecule has 0 bridgehead atoms. The van der Waals surface area contributed by atoms with Gasteiger partial charge in [0.1, 0.15) is 18.3 Å². The predicted octanol–water partition coefficient (Wildman–Crippen LogP) is 4.10. The van der Waals surface area contributed by atoms with Crippen molar-refractivity contribution in [2.24, 2.45) is 0 Å². The number of nitrogens with zero attached hydrogens (tertiary/aromatic N) is 8. The first-order chi connectivity index (χ1) is 14.4. The monoisotopic (exact) mass is 530 g/mol. The second-order valence-corrected chi connectivity index (χ2v) is 9.14. The fourth-order valence-corrected chi connectivity index (χ4v) is 4.02. The van der Waals surface area contributed by atoms with Gasteiger partial charge < -0.3 is 15.2 Å². The molecule has 1 amide bonds. The van der Waals surface area contributed by atoms with Crippen molar-refractivity contribution >= 4 is 81.1 Å². The number of halogens is 5. The van der Waals surface area contributed by atoms with Gasteiger partial charge in [0.25, 0.3) is 0 Å². The molecular formula is C14H11Cl5N8O4. The number of amides is 1. The highest BCUT2D eigenvalue weighted by Crippen LogP contribution is 2.42. The summed E-state index contributed by atoms with van der Waals surface area (Å²) in [6, 6.07) is 0. The van der Waals surface area contributed by atoms with Gasteiger partial charge >= 0.3 is 11.9 Å². The highest BCUT2D eigenvalue weighted by molar-refractivity contribution is 6.68. The number of imidazole rings is 2. The maximum Gasteiger partial charge on any atom is 0.409 e. The summed E-state index contributed by atoms with van der Waals surface area (Å²) in [4.78, 5) is 39.1. The standard InChI is InChI=1S/C14H11Cl5N8O4/c1-6-20-4-7(27(30)31)24(6)2-3-25(13(28)29)11(14(17,18)19)26-5-21-8-9(15)22-12(16)23-10(8)26/h4-5,11H,2-3H2,1H3,(H,28,29). The van der Waals surface area contributed by atoms with E-state index < -0.39 is 21.0 Å². The van der Waals surface area contributed by atoms with E-state index >= 15 is 0 Å². The van der Waals surface area contributed by atoms with Crippen molar-refractivity contribution in [3.05, 3.63) is 38.9 Å². The van der Waals surface area contributed by atoms with Crippen molar-refractivity contribution in [2.45, 2.75) is 23.4 Å². The Morgan fingerprint density at radius 3 is 2.58 bits per heavy atom. The van der Waals surface area contributed by atoms with E-state index in [1.165, 1.54) is 22.4 Å². The highest BCUT2D eigenvalue weighted by atomic mass is 35.6. The van der Waals surface area contributed by atoms with Crippen molar-refractivity contribution in [3.8, 4) is 0 Å². The minimum absolute atomic E-state index is 0.0253. The molecule has 0 radical (unpaired) electrons. The van der Waals surface area contributed by atoms with E-state index in [1.54, 1.807) is 0 Å². The SMILES string of the molecule is Cc1ncc([N+](=O)[O-])n1CCN(C(=O)O)C(n1cnc2c(Cl)nc(Cl)nc21)C(Cl)(Cl)Cl. The number of fused-ring (bicyclic) bond motifs is 1. The second kappa shape index (κ2) is 8.79. The van der Waals surface area contributed by atoms with Crippen LogP contribution >= 0.6 is 58.0 Å². The van der Waals surface area contributed by atoms with E-state index in [0.717, 1.165) is 11.1 Å². The summed E-state index contributed by atoms with van der Waals surface area (Å²) in [5, 5.41) is 20.7. The van der Waals surface area contributed by atoms with Crippen LogP contribution in [0.15, 0.2) is 12.5 Å². The van der Waals surface area contributed by atoms with Gasteiger partial charge in [-0.1, -0.05) is 46.4 Å². The first-order valence-electron chi connectivity index (χ1n) is 8.20. The number of hydrogen-bond acceptors (Lipinski definition) is 7. The summed E-state index contributed by atoms with van der Waals surface area (Å²) in [5.41, 5.74) is 0.133. The summed E-state index contributed by atoms with van der Waals surface area (Å²) >= 11 is 30.2. The Morgan fingerprint density at radius 1 is 1.32 bits per heavy atom. The second-order valence-electron chi connectivity index (χ2n) is 6.07. The van der Waals surface area contributed by atoms with Crippen LogP contribution in [0.5, 0.6) is 0 Å². The average Bonchev–Trinajstić information content (AvgIpc) is 3.21. The minimum Gasteiger partial charge on any atom is -0.465 e. The first-order valence-corrected chi connectivity index (χ1v) is 10.1.